The Bertz CT molecular complexity index is 8230. The van der Waals surface area contributed by atoms with E-state index in [0.717, 1.165) is 156 Å². The molecule has 0 spiro atoms. The van der Waals surface area contributed by atoms with Crippen LogP contribution in [-0.4, -0.2) is 24.9 Å². The van der Waals surface area contributed by atoms with Crippen LogP contribution in [0.2, 0.25) is 0 Å². The van der Waals surface area contributed by atoms with Crippen molar-refractivity contribution in [3.8, 4) is 56.3 Å². The number of furan rings is 5. The number of hydrogen-bond donors (Lipinski definition) is 0. The third-order valence-corrected chi connectivity index (χ3v) is 25.8. The molecule has 10 aromatic heterocycles. The first kappa shape index (κ1) is 79.2. The summed E-state index contributed by atoms with van der Waals surface area (Å²) < 4.78 is 42.3. The molecule has 0 aliphatic carbocycles. The summed E-state index contributed by atoms with van der Waals surface area (Å²) in [4.78, 5) is 21.8. The Morgan fingerprint density at radius 3 is 0.805 bits per heavy atom. The van der Waals surface area contributed by atoms with Gasteiger partial charge in [-0.1, -0.05) is 232 Å². The first-order valence-corrected chi connectivity index (χ1v) is 43.2. The van der Waals surface area contributed by atoms with Crippen molar-refractivity contribution in [3.63, 3.8) is 0 Å². The second-order valence-electron chi connectivity index (χ2n) is 33.4. The molecule has 25 rings (SSSR count). The first-order chi connectivity index (χ1) is 62.5. The van der Waals surface area contributed by atoms with Crippen LogP contribution in [0.25, 0.3) is 220 Å². The third-order valence-electron chi connectivity index (χ3n) is 25.8. The van der Waals surface area contributed by atoms with Crippen LogP contribution in [0.3, 0.4) is 0 Å². The lowest BCUT2D eigenvalue weighted by atomic mass is 9.93. The number of aryl methyl sites for hydroxylation is 12. The van der Waals surface area contributed by atoms with E-state index in [1.54, 1.807) is 6.20 Å². The predicted octanol–water partition coefficient (Wildman–Crippen LogP) is 25.6. The second kappa shape index (κ2) is 32.0. The smallest absolute Gasteiger partial charge is 0.295 e. The van der Waals surface area contributed by atoms with Crippen molar-refractivity contribution in [3.05, 3.63) is 362 Å². The molecule has 15 heteroatoms. The molecule has 128 heavy (non-hydrogen) atoms. The molecule has 10 heterocycles. The van der Waals surface area contributed by atoms with E-state index >= 15 is 0 Å². The molecule has 15 aromatic carbocycles. The van der Waals surface area contributed by atoms with Crippen LogP contribution in [0.15, 0.2) is 339 Å². The van der Waals surface area contributed by atoms with Gasteiger partial charge in [-0.05, 0) is 147 Å². The van der Waals surface area contributed by atoms with Crippen LogP contribution >= 0.6 is 0 Å². The lowest BCUT2D eigenvalue weighted by Crippen LogP contribution is -2.35. The Morgan fingerprint density at radius 1 is 0.227 bits per heavy atom. The fourth-order valence-electron chi connectivity index (χ4n) is 19.5. The highest BCUT2D eigenvalue weighted by Crippen LogP contribution is 2.49. The Hall–Kier alpha value is -16.0. The zero-order valence-corrected chi connectivity index (χ0v) is 73.5. The van der Waals surface area contributed by atoms with Gasteiger partial charge < -0.3 is 22.1 Å². The van der Waals surface area contributed by atoms with Gasteiger partial charge >= 0.3 is 0 Å². The summed E-state index contributed by atoms with van der Waals surface area (Å²) in [6.45, 7) is 16.9. The molecule has 0 unspecified atom stereocenters. The number of fused-ring (bicyclic) bond motifs is 25. The van der Waals surface area contributed by atoms with E-state index in [0.29, 0.717) is 0 Å². The first-order valence-electron chi connectivity index (χ1n) is 43.2. The van der Waals surface area contributed by atoms with Gasteiger partial charge in [0.15, 0.2) is 17.6 Å². The van der Waals surface area contributed by atoms with Crippen molar-refractivity contribution < 1.29 is 44.9 Å². The molecule has 0 saturated heterocycles. The van der Waals surface area contributed by atoms with Gasteiger partial charge in [0.1, 0.15) is 98.0 Å². The van der Waals surface area contributed by atoms with Gasteiger partial charge in [0, 0.05) is 98.9 Å². The Balaban J connectivity index is 0.0000000972. The standard InChI is InChI=1S/3C23H19N2O.2C22H17N2O/c2*1-14-12-19(25(3)13-24-14)21-15(2)16-8-4-5-9-17(16)22-18-10-6-7-11-20(18)26-23(21)22;1-14-16-8-4-5-9-17(16)22-18-10-6-7-11-20(18)26-23(22)21(14)19-12-13-24-15(2)25(19)3;1-14-15-7-3-4-8-16(15)21-17-9-5-6-10-19(17)25-22(21)20(14)18-13-23-11-12-24(18)2;1-14-15-7-3-4-8-16(15)21-17-9-5-6-10-19(17)25-22(21)20(14)18-11-12-23-13-24(18)2/h3*4-13H,1-3H3;2*3-13H,1-2H3/q5*+1. The number of benzene rings is 15. The summed E-state index contributed by atoms with van der Waals surface area (Å²) in [7, 11) is 10.2. The van der Waals surface area contributed by atoms with Gasteiger partial charge in [0.25, 0.3) is 24.8 Å². The van der Waals surface area contributed by atoms with Gasteiger partial charge in [0.2, 0.25) is 5.69 Å². The molecular weight excluding hydrogens is 1580 g/mol. The Kier molecular flexibility index (Phi) is 19.8. The minimum atomic E-state index is 0.918. The summed E-state index contributed by atoms with van der Waals surface area (Å²) in [5.74, 6) is 0.972. The Labute approximate surface area is 737 Å². The van der Waals surface area contributed by atoms with Crippen molar-refractivity contribution in [1.82, 2.24) is 24.9 Å². The van der Waals surface area contributed by atoms with Gasteiger partial charge in [-0.2, -0.15) is 4.57 Å². The van der Waals surface area contributed by atoms with Gasteiger partial charge in [-0.25, -0.2) is 18.3 Å². The zero-order valence-electron chi connectivity index (χ0n) is 73.5. The highest BCUT2D eigenvalue weighted by molar-refractivity contribution is 6.28. The average molecular weight is 1670 g/mol. The van der Waals surface area contributed by atoms with Crippen molar-refractivity contribution in [2.24, 2.45) is 35.2 Å². The minimum absolute atomic E-state index is 0.918. The molecule has 0 N–H and O–H groups in total. The van der Waals surface area contributed by atoms with Gasteiger partial charge in [-0.3, -0.25) is 4.98 Å². The van der Waals surface area contributed by atoms with Crippen molar-refractivity contribution in [1.29, 1.82) is 0 Å². The largest absolute Gasteiger partial charge is 0.455 e. The third kappa shape index (κ3) is 13.1. The molecule has 0 saturated carbocycles. The molecule has 0 atom stereocenters. The lowest BCUT2D eigenvalue weighted by molar-refractivity contribution is -0.670. The van der Waals surface area contributed by atoms with Crippen LogP contribution < -0.4 is 22.8 Å². The molecule has 0 fully saturated rings. The number of nitrogens with zero attached hydrogens (tertiary/aromatic N) is 10. The fourth-order valence-corrected chi connectivity index (χ4v) is 19.5. The number of rotatable bonds is 5. The normalized spacial score (nSPS) is 11.6. The van der Waals surface area contributed by atoms with Crippen molar-refractivity contribution >= 4 is 164 Å². The maximum atomic E-state index is 6.39. The van der Waals surface area contributed by atoms with Crippen LogP contribution in [0.1, 0.15) is 45.0 Å². The maximum Gasteiger partial charge on any atom is 0.295 e. The highest BCUT2D eigenvalue weighted by Gasteiger charge is 2.30. The topological polar surface area (TPSA) is 150 Å². The molecule has 0 radical (unpaired) electrons. The molecule has 0 amide bonds. The van der Waals surface area contributed by atoms with Crippen molar-refractivity contribution in [2.75, 3.05) is 0 Å². The number of hydrogen-bond acceptors (Lipinski definition) is 10. The molecular formula is C113H91N10O5+5. The monoisotopic (exact) mass is 1670 g/mol. The summed E-state index contributed by atoms with van der Waals surface area (Å²) >= 11 is 0. The van der Waals surface area contributed by atoms with E-state index in [1.807, 2.05) is 164 Å². The quantitative estimate of drug-likeness (QED) is 0.152. The zero-order chi connectivity index (χ0) is 87.4. The van der Waals surface area contributed by atoms with Crippen LogP contribution in [0, 0.1) is 55.4 Å². The summed E-state index contributed by atoms with van der Waals surface area (Å²) in [6.07, 6.45) is 14.9. The van der Waals surface area contributed by atoms with Crippen LogP contribution in [0.5, 0.6) is 0 Å². The van der Waals surface area contributed by atoms with Crippen LogP contribution in [0.4, 0.5) is 0 Å². The molecule has 0 bridgehead atoms. The SMILES string of the molecule is Cc1c(-c2ccnc(C)[n+]2C)c2oc3ccccc3c2c2ccccc12.Cc1c(-c2ccnc[n+]2C)c2oc3ccccc3c2c2ccccc12.Cc1c(-c2cncc[n+]2C)c2oc3ccccc3c2c2ccccc12.Cc1cc(-c2c(C)c3ccccc3c3c2oc2ccccc23)[n+](C)cn1.Cc1cc(-c2c(C)c3ccccc3c3c2oc2ccccc23)[n+](C)cn1. The molecule has 15 nitrogen and oxygen atoms in total. The second-order valence-corrected chi connectivity index (χ2v) is 33.4. The summed E-state index contributed by atoms with van der Waals surface area (Å²) in [5.41, 5.74) is 28.6. The van der Waals surface area contributed by atoms with E-state index in [2.05, 4.69) is 285 Å². The summed E-state index contributed by atoms with van der Waals surface area (Å²) in [6, 6.07) is 92.6. The predicted molar refractivity (Wildman–Crippen MR) is 516 cm³/mol. The highest BCUT2D eigenvalue weighted by atomic mass is 16.3. The molecule has 25 aromatic rings. The lowest BCUT2D eigenvalue weighted by Gasteiger charge is -2.12. The molecule has 618 valence electrons. The van der Waals surface area contributed by atoms with E-state index in [9.17, 15) is 0 Å². The summed E-state index contributed by atoms with van der Waals surface area (Å²) in [5, 5.41) is 24.2. The van der Waals surface area contributed by atoms with E-state index in [4.69, 9.17) is 22.1 Å². The fraction of sp³-hybridized carbons (Fsp3) is 0.115. The van der Waals surface area contributed by atoms with E-state index < -0.39 is 0 Å². The number of para-hydroxylation sites is 5. The van der Waals surface area contributed by atoms with E-state index in [-0.39, 0.29) is 0 Å². The molecule has 0 aliphatic rings. The molecule has 0 aliphatic heterocycles. The Morgan fingerprint density at radius 2 is 0.492 bits per heavy atom. The van der Waals surface area contributed by atoms with Gasteiger partial charge in [-0.15, -0.1) is 0 Å². The van der Waals surface area contributed by atoms with Crippen LogP contribution in [-0.2, 0) is 35.2 Å². The number of aromatic nitrogens is 10. The van der Waals surface area contributed by atoms with Gasteiger partial charge in [0.05, 0.1) is 68.4 Å². The average Bonchev–Trinajstić information content (AvgIpc) is 1.57. The maximum absolute atomic E-state index is 6.39. The van der Waals surface area contributed by atoms with E-state index in [1.165, 1.54) is 109 Å². The minimum Gasteiger partial charge on any atom is -0.455 e. The van der Waals surface area contributed by atoms with Crippen molar-refractivity contribution in [2.45, 2.75) is 55.4 Å².